The molecule has 0 aliphatic carbocycles. The van der Waals surface area contributed by atoms with Gasteiger partial charge in [-0.2, -0.15) is 0 Å². The van der Waals surface area contributed by atoms with Crippen LogP contribution in [0.1, 0.15) is 24.5 Å². The van der Waals surface area contributed by atoms with Crippen molar-refractivity contribution >= 4 is 11.6 Å². The SMILES string of the molecule is CCC(N)(Cc1ccccc1)Cc1ccc(F)cc1Cl. The maximum absolute atomic E-state index is 13.1. The molecular formula is C17H19ClFN. The molecule has 2 aromatic carbocycles. The smallest absolute Gasteiger partial charge is 0.124 e. The van der Waals surface area contributed by atoms with E-state index in [1.807, 2.05) is 18.2 Å². The highest BCUT2D eigenvalue weighted by Gasteiger charge is 2.24. The number of hydrogen-bond donors (Lipinski definition) is 1. The molecule has 0 fully saturated rings. The summed E-state index contributed by atoms with van der Waals surface area (Å²) in [4.78, 5) is 0. The van der Waals surface area contributed by atoms with Crippen LogP contribution in [-0.4, -0.2) is 5.54 Å². The molecule has 0 aromatic heterocycles. The maximum atomic E-state index is 13.1. The quantitative estimate of drug-likeness (QED) is 0.869. The van der Waals surface area contributed by atoms with E-state index >= 15 is 0 Å². The molecular weight excluding hydrogens is 273 g/mol. The first-order valence-corrected chi connectivity index (χ1v) is 7.17. The average Bonchev–Trinajstić information content (AvgIpc) is 2.43. The number of halogens is 2. The van der Waals surface area contributed by atoms with Gasteiger partial charge in [0.2, 0.25) is 0 Å². The third-order valence-electron chi connectivity index (χ3n) is 3.66. The van der Waals surface area contributed by atoms with E-state index in [0.29, 0.717) is 11.4 Å². The molecule has 0 spiro atoms. The first-order chi connectivity index (χ1) is 9.52. The Balaban J connectivity index is 2.18. The Bertz CT molecular complexity index is 570. The van der Waals surface area contributed by atoms with E-state index in [1.54, 1.807) is 6.07 Å². The maximum Gasteiger partial charge on any atom is 0.124 e. The second kappa shape index (κ2) is 6.38. The van der Waals surface area contributed by atoms with Gasteiger partial charge in [-0.15, -0.1) is 0 Å². The summed E-state index contributed by atoms with van der Waals surface area (Å²) in [5.41, 5.74) is 8.24. The first-order valence-electron chi connectivity index (χ1n) is 6.79. The number of rotatable bonds is 5. The Kier molecular flexibility index (Phi) is 4.79. The molecule has 1 nitrogen and oxygen atoms in total. The fourth-order valence-corrected chi connectivity index (χ4v) is 2.59. The van der Waals surface area contributed by atoms with Crippen LogP contribution in [0, 0.1) is 5.82 Å². The van der Waals surface area contributed by atoms with Crippen LogP contribution in [0.5, 0.6) is 0 Å². The summed E-state index contributed by atoms with van der Waals surface area (Å²) in [5.74, 6) is -0.319. The minimum absolute atomic E-state index is 0.319. The van der Waals surface area contributed by atoms with Crippen LogP contribution < -0.4 is 5.73 Å². The van der Waals surface area contributed by atoms with Gasteiger partial charge in [-0.25, -0.2) is 4.39 Å². The molecule has 1 unspecified atom stereocenters. The third-order valence-corrected chi connectivity index (χ3v) is 4.01. The Labute approximate surface area is 124 Å². The number of benzene rings is 2. The minimum atomic E-state index is -0.372. The first kappa shape index (κ1) is 15.0. The van der Waals surface area contributed by atoms with Crippen molar-refractivity contribution in [2.45, 2.75) is 31.7 Å². The van der Waals surface area contributed by atoms with Crippen molar-refractivity contribution in [3.8, 4) is 0 Å². The number of hydrogen-bond acceptors (Lipinski definition) is 1. The van der Waals surface area contributed by atoms with Crippen LogP contribution in [0.25, 0.3) is 0 Å². The van der Waals surface area contributed by atoms with Crippen LogP contribution in [0.3, 0.4) is 0 Å². The van der Waals surface area contributed by atoms with Gasteiger partial charge in [-0.3, -0.25) is 0 Å². The minimum Gasteiger partial charge on any atom is -0.325 e. The van der Waals surface area contributed by atoms with E-state index in [2.05, 4.69) is 19.1 Å². The summed E-state index contributed by atoms with van der Waals surface area (Å²) in [5, 5.41) is 0.446. The highest BCUT2D eigenvalue weighted by Crippen LogP contribution is 2.25. The monoisotopic (exact) mass is 291 g/mol. The van der Waals surface area contributed by atoms with Crippen molar-refractivity contribution in [1.29, 1.82) is 0 Å². The highest BCUT2D eigenvalue weighted by molar-refractivity contribution is 6.31. The third kappa shape index (κ3) is 3.81. The van der Waals surface area contributed by atoms with Crippen molar-refractivity contribution in [3.05, 3.63) is 70.5 Å². The summed E-state index contributed by atoms with van der Waals surface area (Å²) in [6.07, 6.45) is 2.24. The molecule has 0 aliphatic rings. The molecule has 2 aromatic rings. The molecule has 0 heterocycles. The second-order valence-corrected chi connectivity index (χ2v) is 5.70. The molecule has 0 saturated heterocycles. The normalized spacial score (nSPS) is 14.0. The van der Waals surface area contributed by atoms with Gasteiger partial charge in [-0.05, 0) is 42.5 Å². The van der Waals surface area contributed by atoms with Crippen molar-refractivity contribution in [1.82, 2.24) is 0 Å². The summed E-state index contributed by atoms with van der Waals surface area (Å²) in [6.45, 7) is 2.07. The van der Waals surface area contributed by atoms with Crippen molar-refractivity contribution < 1.29 is 4.39 Å². The molecule has 106 valence electrons. The summed E-state index contributed by atoms with van der Waals surface area (Å²) >= 11 is 6.10. The predicted molar refractivity (Wildman–Crippen MR) is 82.5 cm³/mol. The Morgan fingerprint density at radius 1 is 1.10 bits per heavy atom. The van der Waals surface area contributed by atoms with Gasteiger partial charge in [0, 0.05) is 10.6 Å². The Hall–Kier alpha value is -1.38. The zero-order valence-electron chi connectivity index (χ0n) is 11.6. The van der Waals surface area contributed by atoms with Gasteiger partial charge < -0.3 is 5.73 Å². The topological polar surface area (TPSA) is 26.0 Å². The molecule has 3 heteroatoms. The lowest BCUT2D eigenvalue weighted by atomic mass is 9.83. The van der Waals surface area contributed by atoms with Gasteiger partial charge >= 0.3 is 0 Å². The van der Waals surface area contributed by atoms with Gasteiger partial charge in [0.15, 0.2) is 0 Å². The van der Waals surface area contributed by atoms with Crippen molar-refractivity contribution in [2.24, 2.45) is 5.73 Å². The van der Waals surface area contributed by atoms with Crippen molar-refractivity contribution in [3.63, 3.8) is 0 Å². The zero-order valence-corrected chi connectivity index (χ0v) is 12.3. The Morgan fingerprint density at radius 3 is 2.40 bits per heavy atom. The molecule has 2 rings (SSSR count). The lowest BCUT2D eigenvalue weighted by Gasteiger charge is -2.29. The van der Waals surface area contributed by atoms with E-state index < -0.39 is 0 Å². The van der Waals surface area contributed by atoms with E-state index in [-0.39, 0.29) is 11.4 Å². The molecule has 1 atom stereocenters. The van der Waals surface area contributed by atoms with Gasteiger partial charge in [0.25, 0.3) is 0 Å². The Morgan fingerprint density at radius 2 is 1.80 bits per heavy atom. The lowest BCUT2D eigenvalue weighted by Crippen LogP contribution is -2.43. The van der Waals surface area contributed by atoms with E-state index in [0.717, 1.165) is 18.4 Å². The van der Waals surface area contributed by atoms with Crippen LogP contribution in [0.4, 0.5) is 4.39 Å². The zero-order chi connectivity index (χ0) is 14.6. The highest BCUT2D eigenvalue weighted by atomic mass is 35.5. The van der Waals surface area contributed by atoms with Crippen LogP contribution in [-0.2, 0) is 12.8 Å². The van der Waals surface area contributed by atoms with E-state index in [1.165, 1.54) is 17.7 Å². The fourth-order valence-electron chi connectivity index (χ4n) is 2.36. The summed E-state index contributed by atoms with van der Waals surface area (Å²) in [7, 11) is 0. The molecule has 0 radical (unpaired) electrons. The van der Waals surface area contributed by atoms with E-state index in [4.69, 9.17) is 17.3 Å². The molecule has 20 heavy (non-hydrogen) atoms. The van der Waals surface area contributed by atoms with Crippen LogP contribution in [0.15, 0.2) is 48.5 Å². The standard InChI is InChI=1S/C17H19ClFN/c1-2-17(20,11-13-6-4-3-5-7-13)12-14-8-9-15(19)10-16(14)18/h3-10H,2,11-12,20H2,1H3. The van der Waals surface area contributed by atoms with Crippen LogP contribution >= 0.6 is 11.6 Å². The van der Waals surface area contributed by atoms with Gasteiger partial charge in [0.05, 0.1) is 0 Å². The van der Waals surface area contributed by atoms with Crippen molar-refractivity contribution in [2.75, 3.05) is 0 Å². The second-order valence-electron chi connectivity index (χ2n) is 5.29. The number of nitrogens with two attached hydrogens (primary N) is 1. The fraction of sp³-hybridized carbons (Fsp3) is 0.294. The lowest BCUT2D eigenvalue weighted by molar-refractivity contribution is 0.404. The molecule has 2 N–H and O–H groups in total. The molecule has 0 bridgehead atoms. The summed E-state index contributed by atoms with van der Waals surface area (Å²) < 4.78 is 13.1. The van der Waals surface area contributed by atoms with Gasteiger partial charge in [0.1, 0.15) is 5.82 Å². The van der Waals surface area contributed by atoms with Gasteiger partial charge in [-0.1, -0.05) is 54.9 Å². The molecule has 0 amide bonds. The largest absolute Gasteiger partial charge is 0.325 e. The summed E-state index contributed by atoms with van der Waals surface area (Å²) in [6, 6.07) is 14.7. The van der Waals surface area contributed by atoms with Crippen LogP contribution in [0.2, 0.25) is 5.02 Å². The van der Waals surface area contributed by atoms with E-state index in [9.17, 15) is 4.39 Å². The molecule has 0 saturated carbocycles. The molecule has 0 aliphatic heterocycles. The average molecular weight is 292 g/mol. The predicted octanol–water partition coefficient (Wildman–Crippen LogP) is 4.37.